The third kappa shape index (κ3) is 5.08. The van der Waals surface area contributed by atoms with Gasteiger partial charge in [-0.05, 0) is 57.8 Å². The number of hydrogen-bond acceptors (Lipinski definition) is 2. The van der Waals surface area contributed by atoms with Gasteiger partial charge in [0.2, 0.25) is 0 Å². The summed E-state index contributed by atoms with van der Waals surface area (Å²) in [4.78, 5) is 13.3. The summed E-state index contributed by atoms with van der Waals surface area (Å²) < 4.78 is 0. The van der Waals surface area contributed by atoms with Gasteiger partial charge in [0.25, 0.3) is 0 Å². The first kappa shape index (κ1) is 17.5. The van der Waals surface area contributed by atoms with Crippen LogP contribution in [-0.2, 0) is 4.79 Å². The minimum Gasteiger partial charge on any atom is -0.481 e. The van der Waals surface area contributed by atoms with Crippen molar-refractivity contribution >= 4 is 5.97 Å². The summed E-state index contributed by atoms with van der Waals surface area (Å²) in [6, 6.07) is 0.549. The summed E-state index contributed by atoms with van der Waals surface area (Å²) in [5, 5.41) is 8.95. The monoisotopic (exact) mass is 283 g/mol. The van der Waals surface area contributed by atoms with Gasteiger partial charge in [-0.15, -0.1) is 0 Å². The highest BCUT2D eigenvalue weighted by atomic mass is 16.4. The van der Waals surface area contributed by atoms with Gasteiger partial charge in [-0.25, -0.2) is 0 Å². The molecule has 0 amide bonds. The molecule has 1 N–H and O–H groups in total. The van der Waals surface area contributed by atoms with Crippen LogP contribution >= 0.6 is 0 Å². The lowest BCUT2D eigenvalue weighted by atomic mass is 9.71. The molecule has 0 unspecified atom stereocenters. The van der Waals surface area contributed by atoms with Crippen LogP contribution in [0.1, 0.15) is 73.6 Å². The first-order valence-electron chi connectivity index (χ1n) is 8.00. The number of nitrogens with zero attached hydrogens (tertiary/aromatic N) is 1. The van der Waals surface area contributed by atoms with Crippen LogP contribution in [0.2, 0.25) is 0 Å². The molecule has 0 aromatic rings. The van der Waals surface area contributed by atoms with Gasteiger partial charge < -0.3 is 5.11 Å². The predicted octanol–water partition coefficient (Wildman–Crippen LogP) is 4.17. The van der Waals surface area contributed by atoms with Crippen LogP contribution in [0.3, 0.4) is 0 Å². The van der Waals surface area contributed by atoms with Crippen LogP contribution in [0.4, 0.5) is 0 Å². The number of rotatable bonds is 4. The minimum absolute atomic E-state index is 0.0503. The van der Waals surface area contributed by atoms with E-state index in [1.54, 1.807) is 0 Å². The van der Waals surface area contributed by atoms with E-state index in [4.69, 9.17) is 5.11 Å². The molecule has 1 aliphatic rings. The summed E-state index contributed by atoms with van der Waals surface area (Å²) in [6.45, 7) is 14.3. The first-order chi connectivity index (χ1) is 9.01. The lowest BCUT2D eigenvalue weighted by Crippen LogP contribution is -2.50. The Bertz CT molecular complexity index is 317. The molecule has 0 radical (unpaired) electrons. The highest BCUT2D eigenvalue weighted by Crippen LogP contribution is 2.40. The summed E-state index contributed by atoms with van der Waals surface area (Å²) in [7, 11) is 0. The SMILES string of the molecule is CC(C)(C)C1CCC(N(CCC(=O)O)C(C)(C)C)CC1. The molecule has 20 heavy (non-hydrogen) atoms. The molecule has 0 heterocycles. The summed E-state index contributed by atoms with van der Waals surface area (Å²) in [6.07, 6.45) is 5.20. The molecule has 0 aliphatic heterocycles. The molecule has 0 spiro atoms. The number of aliphatic carboxylic acids is 1. The Hall–Kier alpha value is -0.570. The maximum Gasteiger partial charge on any atom is 0.304 e. The Morgan fingerprint density at radius 1 is 1.05 bits per heavy atom. The van der Waals surface area contributed by atoms with Crippen LogP contribution < -0.4 is 0 Å². The first-order valence-corrected chi connectivity index (χ1v) is 8.00. The molecule has 1 rings (SSSR count). The van der Waals surface area contributed by atoms with Gasteiger partial charge in [-0.2, -0.15) is 0 Å². The van der Waals surface area contributed by atoms with Gasteiger partial charge in [-0.1, -0.05) is 20.8 Å². The maximum atomic E-state index is 10.9. The van der Waals surface area contributed by atoms with E-state index in [1.165, 1.54) is 25.7 Å². The standard InChI is InChI=1S/C17H33NO2/c1-16(2,3)13-7-9-14(10-8-13)18(17(4,5)6)12-11-15(19)20/h13-14H,7-12H2,1-6H3,(H,19,20). The fraction of sp³-hybridized carbons (Fsp3) is 0.941. The molecular weight excluding hydrogens is 250 g/mol. The molecule has 1 fully saturated rings. The molecule has 0 atom stereocenters. The van der Waals surface area contributed by atoms with E-state index in [1.807, 2.05) is 0 Å². The third-order valence-corrected chi connectivity index (χ3v) is 4.79. The third-order valence-electron chi connectivity index (χ3n) is 4.79. The number of carboxylic acids is 1. The van der Waals surface area contributed by atoms with E-state index in [2.05, 4.69) is 46.4 Å². The van der Waals surface area contributed by atoms with Crippen LogP contribution in [0.5, 0.6) is 0 Å². The van der Waals surface area contributed by atoms with E-state index in [9.17, 15) is 4.79 Å². The zero-order chi connectivity index (χ0) is 15.6. The fourth-order valence-electron chi connectivity index (χ4n) is 3.54. The fourth-order valence-corrected chi connectivity index (χ4v) is 3.54. The smallest absolute Gasteiger partial charge is 0.304 e. The van der Waals surface area contributed by atoms with Crippen molar-refractivity contribution in [2.75, 3.05) is 6.54 Å². The largest absolute Gasteiger partial charge is 0.481 e. The van der Waals surface area contributed by atoms with Crippen LogP contribution in [-0.4, -0.2) is 34.1 Å². The quantitative estimate of drug-likeness (QED) is 0.842. The zero-order valence-electron chi connectivity index (χ0n) is 14.2. The van der Waals surface area contributed by atoms with Gasteiger partial charge in [0, 0.05) is 18.1 Å². The summed E-state index contributed by atoms with van der Waals surface area (Å²) in [5.74, 6) is 0.114. The summed E-state index contributed by atoms with van der Waals surface area (Å²) in [5.41, 5.74) is 0.452. The number of carbonyl (C=O) groups is 1. The normalized spacial score (nSPS) is 24.9. The van der Waals surface area contributed by atoms with E-state index < -0.39 is 5.97 Å². The predicted molar refractivity (Wildman–Crippen MR) is 83.9 cm³/mol. The Morgan fingerprint density at radius 2 is 1.55 bits per heavy atom. The van der Waals surface area contributed by atoms with Crippen LogP contribution in [0.25, 0.3) is 0 Å². The Labute approximate surface area is 124 Å². The average Bonchev–Trinajstić information content (AvgIpc) is 2.26. The Balaban J connectivity index is 2.64. The van der Waals surface area contributed by atoms with Gasteiger partial charge in [-0.3, -0.25) is 9.69 Å². The molecule has 3 nitrogen and oxygen atoms in total. The van der Waals surface area contributed by atoms with Crippen LogP contribution in [0.15, 0.2) is 0 Å². The summed E-state index contributed by atoms with van der Waals surface area (Å²) >= 11 is 0. The van der Waals surface area contributed by atoms with Crippen molar-refractivity contribution in [3.05, 3.63) is 0 Å². The molecule has 1 aliphatic carbocycles. The Kier molecular flexibility index (Phi) is 5.65. The van der Waals surface area contributed by atoms with Crippen molar-refractivity contribution in [1.29, 1.82) is 0 Å². The van der Waals surface area contributed by atoms with Crippen molar-refractivity contribution in [2.24, 2.45) is 11.3 Å². The van der Waals surface area contributed by atoms with Crippen molar-refractivity contribution < 1.29 is 9.90 Å². The molecule has 0 aromatic heterocycles. The molecule has 0 aromatic carbocycles. The molecular formula is C17H33NO2. The molecule has 3 heteroatoms. The highest BCUT2D eigenvalue weighted by molar-refractivity contribution is 5.66. The van der Waals surface area contributed by atoms with Crippen molar-refractivity contribution in [1.82, 2.24) is 4.90 Å². The zero-order valence-corrected chi connectivity index (χ0v) is 14.2. The van der Waals surface area contributed by atoms with Crippen molar-refractivity contribution in [2.45, 2.75) is 85.2 Å². The number of hydrogen-bond donors (Lipinski definition) is 1. The molecule has 118 valence electrons. The molecule has 0 saturated heterocycles. The van der Waals surface area contributed by atoms with E-state index in [-0.39, 0.29) is 12.0 Å². The van der Waals surface area contributed by atoms with Gasteiger partial charge in [0.05, 0.1) is 6.42 Å². The highest BCUT2D eigenvalue weighted by Gasteiger charge is 2.35. The lowest BCUT2D eigenvalue weighted by Gasteiger charge is -2.46. The molecule has 1 saturated carbocycles. The average molecular weight is 283 g/mol. The topological polar surface area (TPSA) is 40.5 Å². The van der Waals surface area contributed by atoms with E-state index >= 15 is 0 Å². The van der Waals surface area contributed by atoms with Crippen LogP contribution in [0, 0.1) is 11.3 Å². The second-order valence-electron chi connectivity index (χ2n) is 8.38. The van der Waals surface area contributed by atoms with Crippen molar-refractivity contribution in [3.63, 3.8) is 0 Å². The van der Waals surface area contributed by atoms with Crippen molar-refractivity contribution in [3.8, 4) is 0 Å². The second-order valence-corrected chi connectivity index (χ2v) is 8.38. The van der Waals surface area contributed by atoms with Gasteiger partial charge in [0.1, 0.15) is 0 Å². The maximum absolute atomic E-state index is 10.9. The van der Waals surface area contributed by atoms with Gasteiger partial charge in [0.15, 0.2) is 0 Å². The number of carboxylic acid groups (broad SMARTS) is 1. The molecule has 0 bridgehead atoms. The Morgan fingerprint density at radius 3 is 1.90 bits per heavy atom. The second kappa shape index (κ2) is 6.46. The van der Waals surface area contributed by atoms with Gasteiger partial charge >= 0.3 is 5.97 Å². The lowest BCUT2D eigenvalue weighted by molar-refractivity contribution is -0.137. The van der Waals surface area contributed by atoms with E-state index in [0.29, 0.717) is 18.0 Å². The minimum atomic E-state index is -0.692. The van der Waals surface area contributed by atoms with E-state index in [0.717, 1.165) is 5.92 Å².